The van der Waals surface area contributed by atoms with Crippen molar-refractivity contribution in [3.8, 4) is 0 Å². The molecule has 0 aliphatic heterocycles. The lowest BCUT2D eigenvalue weighted by Gasteiger charge is -2.22. The number of carbonyl (C=O) groups is 2. The highest BCUT2D eigenvalue weighted by atomic mass is 31.0. The van der Waals surface area contributed by atoms with Crippen LogP contribution < -0.4 is 10.6 Å². The van der Waals surface area contributed by atoms with E-state index in [1.54, 1.807) is 24.3 Å². The molecule has 1 aliphatic rings. The van der Waals surface area contributed by atoms with E-state index in [9.17, 15) is 14.0 Å². The number of allylic oxidation sites excluding steroid dienone is 1. The van der Waals surface area contributed by atoms with E-state index in [1.807, 2.05) is 71.9 Å². The van der Waals surface area contributed by atoms with E-state index in [0.717, 1.165) is 36.9 Å². The largest absolute Gasteiger partial charge is 0.494 e. The Morgan fingerprint density at radius 2 is 1.54 bits per heavy atom. The van der Waals surface area contributed by atoms with Gasteiger partial charge in [0.1, 0.15) is 12.0 Å². The molecule has 1 aliphatic carbocycles. The first-order valence-corrected chi connectivity index (χ1v) is 17.9. The molecule has 2 N–H and O–H groups in total. The lowest BCUT2D eigenvalue weighted by atomic mass is 9.84. The lowest BCUT2D eigenvalue weighted by molar-refractivity contribution is -0.128. The minimum Gasteiger partial charge on any atom is -0.494 e. The standard InChI is InChI=1S/C18H28FN2O2P.C11H14O.C8H16.C2H6/c1-5-12(3)15(6-2)17(23)20-11-16(22)21-14-9-7-8-13(10-14)18(4,19)24;1-3-10(2)12-9-11-7-5-4-6-8-11;1-7-3-5-8(2)6-4-7;1-2/h7-10,12,15H,5-6,11,24H2,1-4H3,(H,20,23)(H,21,22);4-8H,2-3,9H2,1H3;7-8H,3-6H2,1-2H3;1-2H3/t12?,15-,18?;;;/m1.../s1. The van der Waals surface area contributed by atoms with Crippen LogP contribution in [0.5, 0.6) is 0 Å². The van der Waals surface area contributed by atoms with Crippen molar-refractivity contribution in [1.29, 1.82) is 0 Å². The summed E-state index contributed by atoms with van der Waals surface area (Å²) in [7, 11) is 2.12. The molecule has 2 aromatic carbocycles. The van der Waals surface area contributed by atoms with Crippen LogP contribution in [0.3, 0.4) is 0 Å². The average molecular weight is 659 g/mol. The molecule has 1 saturated carbocycles. The summed E-state index contributed by atoms with van der Waals surface area (Å²) in [6.07, 6.45) is 8.44. The Kier molecular flexibility index (Phi) is 23.0. The van der Waals surface area contributed by atoms with Gasteiger partial charge in [0.25, 0.3) is 0 Å². The van der Waals surface area contributed by atoms with Crippen molar-refractivity contribution in [3.05, 3.63) is 78.1 Å². The molecule has 0 spiro atoms. The molecule has 260 valence electrons. The third-order valence-electron chi connectivity index (χ3n) is 8.23. The molecule has 5 nitrogen and oxygen atoms in total. The number of halogens is 1. The Morgan fingerprint density at radius 3 is 2.02 bits per heavy atom. The fourth-order valence-corrected chi connectivity index (χ4v) is 5.00. The van der Waals surface area contributed by atoms with Crippen molar-refractivity contribution >= 4 is 26.7 Å². The van der Waals surface area contributed by atoms with Gasteiger partial charge in [0, 0.05) is 18.0 Å². The summed E-state index contributed by atoms with van der Waals surface area (Å²) in [5, 5.41) is 3.81. The fraction of sp³-hybridized carbons (Fsp3) is 0.590. The number of nitrogens with one attached hydrogen (secondary N) is 2. The summed E-state index contributed by atoms with van der Waals surface area (Å²) in [6.45, 7) is 22.6. The zero-order valence-corrected chi connectivity index (χ0v) is 31.4. The maximum absolute atomic E-state index is 13.9. The van der Waals surface area contributed by atoms with E-state index in [-0.39, 0.29) is 30.2 Å². The molecule has 1 fully saturated rings. The molecule has 0 saturated heterocycles. The Balaban J connectivity index is 0.000000755. The quantitative estimate of drug-likeness (QED) is 0.176. The fourth-order valence-electron chi connectivity index (χ4n) is 4.82. The minimum atomic E-state index is -1.56. The molecule has 46 heavy (non-hydrogen) atoms. The van der Waals surface area contributed by atoms with Crippen molar-refractivity contribution in [2.24, 2.45) is 23.7 Å². The van der Waals surface area contributed by atoms with Crippen molar-refractivity contribution in [1.82, 2.24) is 5.32 Å². The number of anilines is 1. The Hall–Kier alpha value is -2.72. The molecule has 0 aromatic heterocycles. The monoisotopic (exact) mass is 658 g/mol. The maximum atomic E-state index is 13.9. The zero-order chi connectivity index (χ0) is 35.1. The van der Waals surface area contributed by atoms with Crippen molar-refractivity contribution < 1.29 is 18.7 Å². The molecule has 3 unspecified atom stereocenters. The number of ether oxygens (including phenoxy) is 1. The number of rotatable bonds is 12. The highest BCUT2D eigenvalue weighted by molar-refractivity contribution is 7.18. The predicted molar refractivity (Wildman–Crippen MR) is 198 cm³/mol. The molecule has 0 heterocycles. The Labute approximate surface area is 283 Å². The molecule has 7 heteroatoms. The van der Waals surface area contributed by atoms with E-state index in [1.165, 1.54) is 38.2 Å². The van der Waals surface area contributed by atoms with Crippen molar-refractivity contribution in [2.45, 2.75) is 119 Å². The van der Waals surface area contributed by atoms with Crippen LogP contribution in [0.25, 0.3) is 0 Å². The number of hydrogen-bond acceptors (Lipinski definition) is 3. The first kappa shape index (κ1) is 43.3. The molecule has 2 amide bonds. The van der Waals surface area contributed by atoms with Gasteiger partial charge in [0.2, 0.25) is 11.8 Å². The number of benzene rings is 2. The topological polar surface area (TPSA) is 67.4 Å². The minimum absolute atomic E-state index is 0.0875. The molecular formula is C39H64FN2O3P. The first-order valence-electron chi connectivity index (χ1n) is 17.3. The summed E-state index contributed by atoms with van der Waals surface area (Å²) in [4.78, 5) is 24.2. The second-order valence-electron chi connectivity index (χ2n) is 12.4. The summed E-state index contributed by atoms with van der Waals surface area (Å²) in [5.74, 6) is 2.65. The van der Waals surface area contributed by atoms with Gasteiger partial charge in [-0.25, -0.2) is 4.39 Å². The summed E-state index contributed by atoms with van der Waals surface area (Å²) in [6, 6.07) is 16.7. The highest BCUT2D eigenvalue weighted by Gasteiger charge is 2.23. The summed E-state index contributed by atoms with van der Waals surface area (Å²) in [5.41, 5.74) is 2.15. The van der Waals surface area contributed by atoms with Crippen LogP contribution in [0.4, 0.5) is 10.1 Å². The Morgan fingerprint density at radius 1 is 0.978 bits per heavy atom. The highest BCUT2D eigenvalue weighted by Crippen LogP contribution is 2.33. The van der Waals surface area contributed by atoms with E-state index in [2.05, 4.69) is 40.3 Å². The van der Waals surface area contributed by atoms with Crippen LogP contribution in [-0.2, 0) is 26.3 Å². The number of amides is 2. The predicted octanol–water partition coefficient (Wildman–Crippen LogP) is 10.8. The van der Waals surface area contributed by atoms with E-state index in [0.29, 0.717) is 17.9 Å². The number of carbonyl (C=O) groups excluding carboxylic acids is 2. The van der Waals surface area contributed by atoms with Crippen molar-refractivity contribution in [3.63, 3.8) is 0 Å². The average Bonchev–Trinajstić information content (AvgIpc) is 3.06. The van der Waals surface area contributed by atoms with Gasteiger partial charge >= 0.3 is 0 Å². The van der Waals surface area contributed by atoms with Gasteiger partial charge in [-0.1, -0.05) is 146 Å². The van der Waals surface area contributed by atoms with Gasteiger partial charge < -0.3 is 15.4 Å². The van der Waals surface area contributed by atoms with E-state index in [4.69, 9.17) is 4.74 Å². The van der Waals surface area contributed by atoms with Crippen molar-refractivity contribution in [2.75, 3.05) is 11.9 Å². The number of alkyl halides is 1. The summed E-state index contributed by atoms with van der Waals surface area (Å²) >= 11 is 0. The molecule has 0 bridgehead atoms. The first-order chi connectivity index (χ1) is 21.8. The smallest absolute Gasteiger partial charge is 0.243 e. The molecule has 0 radical (unpaired) electrons. The van der Waals surface area contributed by atoms with Crippen LogP contribution >= 0.6 is 9.24 Å². The van der Waals surface area contributed by atoms with Crippen LogP contribution in [0.1, 0.15) is 118 Å². The van der Waals surface area contributed by atoms with Gasteiger partial charge in [-0.05, 0) is 54.4 Å². The SMILES string of the molecule is C=C(CC)OCc1ccccc1.CC.CC1CCC(C)CC1.CCC(C)[C@@H](CC)C(=O)NCC(=O)Nc1cccc(C(C)(F)P)c1. The van der Waals surface area contributed by atoms with Gasteiger partial charge in [-0.15, -0.1) is 0 Å². The molecular weight excluding hydrogens is 594 g/mol. The van der Waals surface area contributed by atoms with E-state index < -0.39 is 5.41 Å². The van der Waals surface area contributed by atoms with Crippen LogP contribution in [0.15, 0.2) is 66.9 Å². The second-order valence-corrected chi connectivity index (χ2v) is 13.4. The molecule has 3 rings (SSSR count). The normalized spacial score (nSPS) is 17.8. The summed E-state index contributed by atoms with van der Waals surface area (Å²) < 4.78 is 19.3. The third-order valence-corrected chi connectivity index (χ3v) is 8.56. The van der Waals surface area contributed by atoms with E-state index >= 15 is 0 Å². The van der Waals surface area contributed by atoms with Gasteiger partial charge in [-0.2, -0.15) is 0 Å². The van der Waals surface area contributed by atoms with Crippen LogP contribution in [0.2, 0.25) is 0 Å². The van der Waals surface area contributed by atoms with Gasteiger partial charge in [0.05, 0.1) is 12.3 Å². The zero-order valence-electron chi connectivity index (χ0n) is 30.3. The van der Waals surface area contributed by atoms with Gasteiger partial charge in [-0.3, -0.25) is 9.59 Å². The lowest BCUT2D eigenvalue weighted by Crippen LogP contribution is -2.38. The molecule has 4 atom stereocenters. The van der Waals surface area contributed by atoms with Gasteiger partial charge in [0.15, 0.2) is 0 Å². The second kappa shape index (κ2) is 24.5. The van der Waals surface area contributed by atoms with Crippen LogP contribution in [0, 0.1) is 23.7 Å². The number of hydrogen-bond donors (Lipinski definition) is 2. The maximum Gasteiger partial charge on any atom is 0.243 e. The Bertz CT molecular complexity index is 1100. The van der Waals surface area contributed by atoms with Crippen LogP contribution in [-0.4, -0.2) is 18.4 Å². The molecule has 2 aromatic rings. The third kappa shape index (κ3) is 19.1.